The Kier molecular flexibility index (Phi) is 4.53. The van der Waals surface area contributed by atoms with Gasteiger partial charge in [-0.2, -0.15) is 0 Å². The first-order valence-electron chi connectivity index (χ1n) is 6.13. The van der Waals surface area contributed by atoms with E-state index in [1.165, 1.54) is 11.3 Å². The standard InChI is InChI=1S/C15H8Cl4N2S/c16-9-3-1-8(2-4-9)14-7-22-15(20)21(14)13-6-11(18)10(17)5-12(13)19/h1-7,20H. The summed E-state index contributed by atoms with van der Waals surface area (Å²) >= 11 is 25.6. The van der Waals surface area contributed by atoms with E-state index in [4.69, 9.17) is 51.8 Å². The zero-order valence-electron chi connectivity index (χ0n) is 10.9. The molecule has 112 valence electrons. The van der Waals surface area contributed by atoms with Crippen LogP contribution in [0.3, 0.4) is 0 Å². The molecule has 0 fully saturated rings. The molecule has 2 aromatic carbocycles. The van der Waals surface area contributed by atoms with Gasteiger partial charge in [-0.3, -0.25) is 9.98 Å². The van der Waals surface area contributed by atoms with E-state index in [1.807, 2.05) is 17.5 Å². The second kappa shape index (κ2) is 6.26. The summed E-state index contributed by atoms with van der Waals surface area (Å²) in [6.07, 6.45) is 0. The SMILES string of the molecule is N=c1scc(-c2ccc(Cl)cc2)n1-c1cc(Cl)c(Cl)cc1Cl. The Hall–Kier alpha value is -0.970. The van der Waals surface area contributed by atoms with Crippen molar-refractivity contribution in [3.8, 4) is 16.9 Å². The van der Waals surface area contributed by atoms with E-state index >= 15 is 0 Å². The Labute approximate surface area is 151 Å². The van der Waals surface area contributed by atoms with Crippen molar-refractivity contribution in [3.05, 3.63) is 66.7 Å². The maximum atomic E-state index is 8.16. The molecule has 1 heterocycles. The Morgan fingerprint density at radius 3 is 2.18 bits per heavy atom. The normalized spacial score (nSPS) is 10.9. The van der Waals surface area contributed by atoms with E-state index in [1.54, 1.807) is 28.8 Å². The fraction of sp³-hybridized carbons (Fsp3) is 0. The Morgan fingerprint density at radius 1 is 0.864 bits per heavy atom. The van der Waals surface area contributed by atoms with Gasteiger partial charge in [-0.15, -0.1) is 11.3 Å². The lowest BCUT2D eigenvalue weighted by molar-refractivity contribution is 0.987. The van der Waals surface area contributed by atoms with E-state index in [-0.39, 0.29) is 0 Å². The van der Waals surface area contributed by atoms with Crippen LogP contribution in [0.2, 0.25) is 20.1 Å². The fourth-order valence-electron chi connectivity index (χ4n) is 2.07. The summed E-state index contributed by atoms with van der Waals surface area (Å²) < 4.78 is 1.73. The first-order chi connectivity index (χ1) is 10.5. The van der Waals surface area contributed by atoms with Gasteiger partial charge >= 0.3 is 0 Å². The van der Waals surface area contributed by atoms with Gasteiger partial charge in [0, 0.05) is 10.4 Å². The molecule has 0 aliphatic carbocycles. The smallest absolute Gasteiger partial charge is 0.187 e. The summed E-state index contributed by atoms with van der Waals surface area (Å²) in [5.41, 5.74) is 2.39. The monoisotopic (exact) mass is 388 g/mol. The molecule has 0 saturated carbocycles. The minimum absolute atomic E-state index is 0.338. The first kappa shape index (κ1) is 15.9. The zero-order valence-corrected chi connectivity index (χ0v) is 14.7. The molecule has 22 heavy (non-hydrogen) atoms. The predicted molar refractivity (Wildman–Crippen MR) is 95.0 cm³/mol. The molecule has 0 aliphatic rings. The van der Waals surface area contributed by atoms with E-state index in [0.717, 1.165) is 11.3 Å². The van der Waals surface area contributed by atoms with Crippen molar-refractivity contribution in [1.29, 1.82) is 5.41 Å². The van der Waals surface area contributed by atoms with Crippen molar-refractivity contribution >= 4 is 57.7 Å². The first-order valence-corrected chi connectivity index (χ1v) is 8.52. The van der Waals surface area contributed by atoms with Crippen molar-refractivity contribution in [1.82, 2.24) is 4.57 Å². The molecular weight excluding hydrogens is 382 g/mol. The van der Waals surface area contributed by atoms with Crippen molar-refractivity contribution in [2.24, 2.45) is 0 Å². The van der Waals surface area contributed by atoms with Crippen LogP contribution in [0.4, 0.5) is 0 Å². The molecule has 3 aromatic rings. The summed E-state index contributed by atoms with van der Waals surface area (Å²) in [6.45, 7) is 0. The second-order valence-corrected chi connectivity index (χ2v) is 7.00. The number of hydrogen-bond acceptors (Lipinski definition) is 2. The van der Waals surface area contributed by atoms with Crippen molar-refractivity contribution in [2.75, 3.05) is 0 Å². The van der Waals surface area contributed by atoms with Crippen LogP contribution in [0.15, 0.2) is 41.8 Å². The number of hydrogen-bond donors (Lipinski definition) is 1. The van der Waals surface area contributed by atoms with Gasteiger partial charge in [-0.25, -0.2) is 0 Å². The van der Waals surface area contributed by atoms with E-state index in [0.29, 0.717) is 30.6 Å². The third-order valence-electron chi connectivity index (χ3n) is 3.10. The summed E-state index contributed by atoms with van der Waals surface area (Å²) in [5, 5.41) is 11.9. The lowest BCUT2D eigenvalue weighted by atomic mass is 10.1. The summed E-state index contributed by atoms with van der Waals surface area (Å²) in [7, 11) is 0. The second-order valence-electron chi connectivity index (χ2n) is 4.49. The van der Waals surface area contributed by atoms with Crippen LogP contribution >= 0.6 is 57.7 Å². The molecule has 0 aliphatic heterocycles. The highest BCUT2D eigenvalue weighted by Crippen LogP contribution is 2.33. The Bertz CT molecular complexity index is 897. The molecule has 7 heteroatoms. The van der Waals surface area contributed by atoms with Crippen LogP contribution in [0.5, 0.6) is 0 Å². The molecule has 0 amide bonds. The van der Waals surface area contributed by atoms with E-state index < -0.39 is 0 Å². The highest BCUT2D eigenvalue weighted by Gasteiger charge is 2.14. The fourth-order valence-corrected chi connectivity index (χ4v) is 3.59. The van der Waals surface area contributed by atoms with Gasteiger partial charge in [0.2, 0.25) is 0 Å². The zero-order chi connectivity index (χ0) is 15.9. The topological polar surface area (TPSA) is 28.8 Å². The van der Waals surface area contributed by atoms with Crippen molar-refractivity contribution in [2.45, 2.75) is 0 Å². The summed E-state index contributed by atoms with van der Waals surface area (Å²) in [6, 6.07) is 10.6. The van der Waals surface area contributed by atoms with Gasteiger partial charge in [-0.05, 0) is 29.8 Å². The van der Waals surface area contributed by atoms with Gasteiger partial charge < -0.3 is 0 Å². The maximum Gasteiger partial charge on any atom is 0.187 e. The molecular formula is C15H8Cl4N2S. The molecule has 1 N–H and O–H groups in total. The number of rotatable bonds is 2. The number of nitrogens with zero attached hydrogens (tertiary/aromatic N) is 1. The summed E-state index contributed by atoms with van der Waals surface area (Å²) in [4.78, 5) is 0.338. The molecule has 0 bridgehead atoms. The van der Waals surface area contributed by atoms with Crippen LogP contribution in [-0.4, -0.2) is 4.57 Å². The Balaban J connectivity index is 2.25. The van der Waals surface area contributed by atoms with Crippen LogP contribution in [-0.2, 0) is 0 Å². The van der Waals surface area contributed by atoms with Gasteiger partial charge in [0.15, 0.2) is 4.80 Å². The largest absolute Gasteiger partial charge is 0.284 e. The predicted octanol–water partition coefficient (Wildman–Crippen LogP) is 6.30. The molecule has 2 nitrogen and oxygen atoms in total. The lowest BCUT2D eigenvalue weighted by Crippen LogP contribution is -2.12. The molecule has 1 aromatic heterocycles. The number of thiazole rings is 1. The molecule has 0 saturated heterocycles. The lowest BCUT2D eigenvalue weighted by Gasteiger charge is -2.12. The average molecular weight is 390 g/mol. The number of nitrogens with one attached hydrogen (secondary N) is 1. The highest BCUT2D eigenvalue weighted by atomic mass is 35.5. The highest BCUT2D eigenvalue weighted by molar-refractivity contribution is 7.07. The van der Waals surface area contributed by atoms with Crippen molar-refractivity contribution < 1.29 is 0 Å². The van der Waals surface area contributed by atoms with Gasteiger partial charge in [0.1, 0.15) is 0 Å². The van der Waals surface area contributed by atoms with Gasteiger partial charge in [0.25, 0.3) is 0 Å². The number of halogens is 4. The molecule has 3 rings (SSSR count). The van der Waals surface area contributed by atoms with Gasteiger partial charge in [-0.1, -0.05) is 58.5 Å². The Morgan fingerprint density at radius 2 is 1.50 bits per heavy atom. The third-order valence-corrected chi connectivity index (χ3v) is 5.12. The molecule has 0 atom stereocenters. The quantitative estimate of drug-likeness (QED) is 0.498. The summed E-state index contributed by atoms with van der Waals surface area (Å²) in [5.74, 6) is 0. The number of aromatic nitrogens is 1. The van der Waals surface area contributed by atoms with E-state index in [9.17, 15) is 0 Å². The molecule has 0 spiro atoms. The molecule has 0 unspecified atom stereocenters. The van der Waals surface area contributed by atoms with Crippen LogP contribution in [0.1, 0.15) is 0 Å². The van der Waals surface area contributed by atoms with Crippen LogP contribution < -0.4 is 4.80 Å². The molecule has 0 radical (unpaired) electrons. The van der Waals surface area contributed by atoms with Crippen molar-refractivity contribution in [3.63, 3.8) is 0 Å². The minimum atomic E-state index is 0.338. The van der Waals surface area contributed by atoms with E-state index in [2.05, 4.69) is 0 Å². The third kappa shape index (κ3) is 2.92. The van der Waals surface area contributed by atoms with Crippen LogP contribution in [0.25, 0.3) is 16.9 Å². The minimum Gasteiger partial charge on any atom is -0.284 e. The van der Waals surface area contributed by atoms with Crippen LogP contribution in [0, 0.1) is 5.41 Å². The average Bonchev–Trinajstić information content (AvgIpc) is 2.85. The van der Waals surface area contributed by atoms with Gasteiger partial charge in [0.05, 0.1) is 26.4 Å². The number of benzene rings is 2. The maximum absolute atomic E-state index is 8.16.